The molecule has 0 heterocycles. The zero-order chi connectivity index (χ0) is 11.0. The Balaban J connectivity index is 1.76. The van der Waals surface area contributed by atoms with Crippen LogP contribution in [0.25, 0.3) is 0 Å². The van der Waals surface area contributed by atoms with E-state index in [1.807, 2.05) is 30.3 Å². The molecule has 0 aromatic heterocycles. The lowest BCUT2D eigenvalue weighted by atomic mass is 9.77. The fraction of sp³-hybridized carbons (Fsp3) is 0.533. The van der Waals surface area contributed by atoms with Gasteiger partial charge in [0.1, 0.15) is 0 Å². The SMILES string of the molecule is O=C(c1ccccc1)C1CC2CCC(C2)C1. The molecule has 2 aliphatic carbocycles. The highest BCUT2D eigenvalue weighted by Gasteiger charge is 2.37. The largest absolute Gasteiger partial charge is 0.294 e. The average Bonchev–Trinajstić information content (AvgIpc) is 2.68. The quantitative estimate of drug-likeness (QED) is 0.686. The Morgan fingerprint density at radius 3 is 2.19 bits per heavy atom. The van der Waals surface area contributed by atoms with Crippen LogP contribution in [0.1, 0.15) is 42.5 Å². The lowest BCUT2D eigenvalue weighted by Gasteiger charge is -2.26. The van der Waals surface area contributed by atoms with Gasteiger partial charge >= 0.3 is 0 Å². The van der Waals surface area contributed by atoms with Crippen molar-refractivity contribution in [2.24, 2.45) is 17.8 Å². The first-order chi connectivity index (χ1) is 7.83. The fourth-order valence-electron chi connectivity index (χ4n) is 3.56. The predicted molar refractivity (Wildman–Crippen MR) is 64.3 cm³/mol. The second-order valence-electron chi connectivity index (χ2n) is 5.44. The van der Waals surface area contributed by atoms with Gasteiger partial charge in [0.05, 0.1) is 0 Å². The molecule has 1 aromatic rings. The second-order valence-corrected chi connectivity index (χ2v) is 5.44. The molecule has 0 amide bonds. The summed E-state index contributed by atoms with van der Waals surface area (Å²) < 4.78 is 0. The second kappa shape index (κ2) is 4.04. The minimum absolute atomic E-state index is 0.314. The van der Waals surface area contributed by atoms with Crippen LogP contribution in [0.5, 0.6) is 0 Å². The molecule has 0 aliphatic heterocycles. The average molecular weight is 214 g/mol. The number of fused-ring (bicyclic) bond motifs is 2. The van der Waals surface area contributed by atoms with E-state index in [0.717, 1.165) is 30.2 Å². The van der Waals surface area contributed by atoms with Gasteiger partial charge in [-0.2, -0.15) is 0 Å². The Morgan fingerprint density at radius 1 is 0.938 bits per heavy atom. The summed E-state index contributed by atoms with van der Waals surface area (Å²) in [4.78, 5) is 12.3. The summed E-state index contributed by atoms with van der Waals surface area (Å²) in [5.74, 6) is 2.39. The molecule has 0 spiro atoms. The van der Waals surface area contributed by atoms with E-state index in [9.17, 15) is 4.79 Å². The fourth-order valence-corrected chi connectivity index (χ4v) is 3.56. The number of carbonyl (C=O) groups is 1. The zero-order valence-electron chi connectivity index (χ0n) is 9.56. The third-order valence-electron chi connectivity index (χ3n) is 4.31. The maximum absolute atomic E-state index is 12.3. The van der Waals surface area contributed by atoms with Crippen LogP contribution in [-0.4, -0.2) is 5.78 Å². The number of rotatable bonds is 2. The van der Waals surface area contributed by atoms with Crippen molar-refractivity contribution in [1.82, 2.24) is 0 Å². The van der Waals surface area contributed by atoms with Crippen LogP contribution in [0, 0.1) is 17.8 Å². The van der Waals surface area contributed by atoms with Crippen molar-refractivity contribution < 1.29 is 4.79 Å². The number of ketones is 1. The smallest absolute Gasteiger partial charge is 0.165 e. The van der Waals surface area contributed by atoms with Crippen molar-refractivity contribution in [3.8, 4) is 0 Å². The van der Waals surface area contributed by atoms with Gasteiger partial charge in [-0.1, -0.05) is 43.2 Å². The van der Waals surface area contributed by atoms with Crippen molar-refractivity contribution in [3.63, 3.8) is 0 Å². The highest BCUT2D eigenvalue weighted by atomic mass is 16.1. The van der Waals surface area contributed by atoms with Crippen LogP contribution >= 0.6 is 0 Å². The van der Waals surface area contributed by atoms with Crippen LogP contribution in [0.15, 0.2) is 30.3 Å². The van der Waals surface area contributed by atoms with E-state index in [1.54, 1.807) is 0 Å². The number of Topliss-reactive ketones (excluding diaryl/α,β-unsaturated/α-hetero) is 1. The van der Waals surface area contributed by atoms with Crippen molar-refractivity contribution in [2.45, 2.75) is 32.1 Å². The van der Waals surface area contributed by atoms with Gasteiger partial charge in [0.15, 0.2) is 5.78 Å². The van der Waals surface area contributed by atoms with Gasteiger partial charge in [-0.05, 0) is 31.1 Å². The number of benzene rings is 1. The third-order valence-corrected chi connectivity index (χ3v) is 4.31. The molecule has 2 bridgehead atoms. The van der Waals surface area contributed by atoms with Gasteiger partial charge in [0, 0.05) is 11.5 Å². The van der Waals surface area contributed by atoms with Crippen LogP contribution in [-0.2, 0) is 0 Å². The number of hydrogen-bond donors (Lipinski definition) is 0. The lowest BCUT2D eigenvalue weighted by Crippen LogP contribution is -2.23. The maximum Gasteiger partial charge on any atom is 0.165 e. The molecule has 1 nitrogen and oxygen atoms in total. The minimum atomic E-state index is 0.314. The van der Waals surface area contributed by atoms with Crippen LogP contribution in [0.3, 0.4) is 0 Å². The molecule has 1 heteroatoms. The first-order valence-corrected chi connectivity index (χ1v) is 6.42. The molecule has 2 fully saturated rings. The Hall–Kier alpha value is -1.11. The van der Waals surface area contributed by atoms with E-state index in [0.29, 0.717) is 11.7 Å². The van der Waals surface area contributed by atoms with Gasteiger partial charge in [-0.3, -0.25) is 4.79 Å². The van der Waals surface area contributed by atoms with E-state index in [4.69, 9.17) is 0 Å². The molecular weight excluding hydrogens is 196 g/mol. The molecule has 16 heavy (non-hydrogen) atoms. The van der Waals surface area contributed by atoms with Gasteiger partial charge in [-0.15, -0.1) is 0 Å². The summed E-state index contributed by atoms with van der Waals surface area (Å²) in [6.07, 6.45) is 6.40. The minimum Gasteiger partial charge on any atom is -0.294 e. The van der Waals surface area contributed by atoms with Crippen LogP contribution in [0.2, 0.25) is 0 Å². The molecule has 2 atom stereocenters. The van der Waals surface area contributed by atoms with E-state index in [-0.39, 0.29) is 0 Å². The Kier molecular flexibility index (Phi) is 2.55. The summed E-state index contributed by atoms with van der Waals surface area (Å²) >= 11 is 0. The van der Waals surface area contributed by atoms with Gasteiger partial charge in [-0.25, -0.2) is 0 Å². The van der Waals surface area contributed by atoms with Crippen molar-refractivity contribution in [3.05, 3.63) is 35.9 Å². The van der Waals surface area contributed by atoms with Gasteiger partial charge < -0.3 is 0 Å². The van der Waals surface area contributed by atoms with Crippen molar-refractivity contribution in [2.75, 3.05) is 0 Å². The first-order valence-electron chi connectivity index (χ1n) is 6.42. The molecule has 2 unspecified atom stereocenters. The third kappa shape index (κ3) is 1.79. The predicted octanol–water partition coefficient (Wildman–Crippen LogP) is 3.70. The molecule has 0 N–H and O–H groups in total. The van der Waals surface area contributed by atoms with Crippen LogP contribution < -0.4 is 0 Å². The topological polar surface area (TPSA) is 17.1 Å². The molecule has 0 radical (unpaired) electrons. The van der Waals surface area contributed by atoms with Crippen molar-refractivity contribution >= 4 is 5.78 Å². The highest BCUT2D eigenvalue weighted by Crippen LogP contribution is 2.45. The first kappa shape index (κ1) is 10.1. The van der Waals surface area contributed by atoms with Gasteiger partial charge in [0.25, 0.3) is 0 Å². The molecule has 84 valence electrons. The highest BCUT2D eigenvalue weighted by molar-refractivity contribution is 5.97. The van der Waals surface area contributed by atoms with E-state index in [2.05, 4.69) is 0 Å². The summed E-state index contributed by atoms with van der Waals surface area (Å²) in [6.45, 7) is 0. The summed E-state index contributed by atoms with van der Waals surface area (Å²) in [5.41, 5.74) is 0.911. The summed E-state index contributed by atoms with van der Waals surface area (Å²) in [6, 6.07) is 9.81. The summed E-state index contributed by atoms with van der Waals surface area (Å²) in [5, 5.41) is 0. The number of hydrogen-bond acceptors (Lipinski definition) is 1. The Labute approximate surface area is 96.9 Å². The standard InChI is InChI=1S/C15H18O/c16-15(13-4-2-1-3-5-13)14-9-11-6-7-12(8-11)10-14/h1-5,11-12,14H,6-10H2. The van der Waals surface area contributed by atoms with Gasteiger partial charge in [0.2, 0.25) is 0 Å². The normalized spacial score (nSPS) is 32.6. The Morgan fingerprint density at radius 2 is 1.56 bits per heavy atom. The molecule has 1 aromatic carbocycles. The van der Waals surface area contributed by atoms with Crippen LogP contribution in [0.4, 0.5) is 0 Å². The summed E-state index contributed by atoms with van der Waals surface area (Å²) in [7, 11) is 0. The molecular formula is C15H18O. The zero-order valence-corrected chi connectivity index (χ0v) is 9.56. The monoisotopic (exact) mass is 214 g/mol. The van der Waals surface area contributed by atoms with E-state index < -0.39 is 0 Å². The van der Waals surface area contributed by atoms with E-state index >= 15 is 0 Å². The molecule has 2 aliphatic rings. The van der Waals surface area contributed by atoms with E-state index in [1.165, 1.54) is 19.3 Å². The Bertz CT molecular complexity index is 370. The number of carbonyl (C=O) groups excluding carboxylic acids is 1. The molecule has 0 saturated heterocycles. The molecule has 3 rings (SSSR count). The van der Waals surface area contributed by atoms with Crippen molar-refractivity contribution in [1.29, 1.82) is 0 Å². The lowest BCUT2D eigenvalue weighted by molar-refractivity contribution is 0.0857. The molecule has 2 saturated carbocycles. The maximum atomic E-state index is 12.3.